The van der Waals surface area contributed by atoms with Crippen LogP contribution in [0.15, 0.2) is 72.8 Å². The van der Waals surface area contributed by atoms with Gasteiger partial charge in [0, 0.05) is 5.56 Å². The van der Waals surface area contributed by atoms with E-state index in [1.54, 1.807) is 36.4 Å². The number of imide groups is 1. The number of carbonyl (C=O) groups excluding carboxylic acids is 5. The molecule has 0 spiro atoms. The molecule has 9 nitrogen and oxygen atoms in total. The zero-order chi connectivity index (χ0) is 29.1. The average Bonchev–Trinajstić information content (AvgIpc) is 3.24. The molecular weight excluding hydrogens is 526 g/mol. The van der Waals surface area contributed by atoms with Crippen molar-refractivity contribution in [1.82, 2.24) is 0 Å². The first-order chi connectivity index (χ1) is 19.7. The molecule has 210 valence electrons. The zero-order valence-electron chi connectivity index (χ0n) is 22.7. The highest BCUT2D eigenvalue weighted by molar-refractivity contribution is 6.22. The van der Waals surface area contributed by atoms with Crippen LogP contribution in [-0.2, 0) is 14.3 Å². The summed E-state index contributed by atoms with van der Waals surface area (Å²) in [4.78, 5) is 65.0. The van der Waals surface area contributed by atoms with Crippen molar-refractivity contribution in [1.29, 1.82) is 0 Å². The number of rotatable bonds is 8. The predicted octanol–water partition coefficient (Wildman–Crippen LogP) is 4.88. The number of methoxy groups -OCH3 is 1. The second-order valence-corrected chi connectivity index (χ2v) is 10.3. The zero-order valence-corrected chi connectivity index (χ0v) is 22.7. The number of Topliss-reactive ketones (excluding diaryl/α,β-unsaturated/α-hetero) is 1. The number of anilines is 1. The number of benzene rings is 3. The van der Waals surface area contributed by atoms with Crippen LogP contribution >= 0.6 is 0 Å². The highest BCUT2D eigenvalue weighted by Gasteiger charge is 2.50. The molecule has 1 saturated carbocycles. The summed E-state index contributed by atoms with van der Waals surface area (Å²) < 4.78 is 15.7. The molecule has 0 radical (unpaired) electrons. The van der Waals surface area contributed by atoms with Crippen molar-refractivity contribution in [3.8, 4) is 11.5 Å². The van der Waals surface area contributed by atoms with Gasteiger partial charge in [-0.1, -0.05) is 19.1 Å². The van der Waals surface area contributed by atoms with Gasteiger partial charge in [0.15, 0.2) is 12.4 Å². The summed E-state index contributed by atoms with van der Waals surface area (Å²) in [6, 6.07) is 18.5. The maximum absolute atomic E-state index is 13.0. The second-order valence-electron chi connectivity index (χ2n) is 10.3. The molecule has 2 amide bonds. The first-order valence-electron chi connectivity index (χ1n) is 13.4. The van der Waals surface area contributed by atoms with Crippen LogP contribution in [0.4, 0.5) is 5.69 Å². The molecule has 2 fully saturated rings. The van der Waals surface area contributed by atoms with Crippen molar-refractivity contribution in [2.45, 2.75) is 26.2 Å². The Bertz CT molecular complexity index is 1510. The standard InChI is InChI=1S/C32H29NO8/c1-19-9-14-26-27(15-19)30(36)33(29(26)35)23-7-3-5-21(16-23)31(37)40-18-28(34)20-10-12-24(13-11-20)41-32(38)22-6-4-8-25(17-22)39-2/h3-8,10-13,16-17,19,26-27H,9,14-15,18H2,1-2H3. The summed E-state index contributed by atoms with van der Waals surface area (Å²) >= 11 is 0. The van der Waals surface area contributed by atoms with Gasteiger partial charge in [-0.25, -0.2) is 9.59 Å². The van der Waals surface area contributed by atoms with E-state index in [-0.39, 0.29) is 40.5 Å². The molecule has 5 rings (SSSR count). The van der Waals surface area contributed by atoms with Crippen molar-refractivity contribution in [3.05, 3.63) is 89.5 Å². The minimum atomic E-state index is -0.755. The van der Waals surface area contributed by atoms with Gasteiger partial charge in [-0.2, -0.15) is 0 Å². The number of hydrogen-bond donors (Lipinski definition) is 0. The van der Waals surface area contributed by atoms with Gasteiger partial charge >= 0.3 is 11.9 Å². The molecule has 3 aromatic rings. The van der Waals surface area contributed by atoms with Gasteiger partial charge in [0.25, 0.3) is 0 Å². The lowest BCUT2D eigenvalue weighted by atomic mass is 9.76. The topological polar surface area (TPSA) is 116 Å². The monoisotopic (exact) mass is 555 g/mol. The number of carbonyl (C=O) groups is 5. The largest absolute Gasteiger partial charge is 0.497 e. The van der Waals surface area contributed by atoms with Crippen LogP contribution in [0.25, 0.3) is 0 Å². The lowest BCUT2D eigenvalue weighted by molar-refractivity contribution is -0.122. The third-order valence-corrected chi connectivity index (χ3v) is 7.55. The van der Waals surface area contributed by atoms with Crippen molar-refractivity contribution in [2.24, 2.45) is 17.8 Å². The van der Waals surface area contributed by atoms with Crippen LogP contribution < -0.4 is 14.4 Å². The van der Waals surface area contributed by atoms with Crippen molar-refractivity contribution < 1.29 is 38.2 Å². The lowest BCUT2D eigenvalue weighted by Crippen LogP contribution is -2.31. The number of esters is 2. The number of fused-ring (bicyclic) bond motifs is 1. The van der Waals surface area contributed by atoms with Gasteiger partial charge in [-0.15, -0.1) is 0 Å². The maximum atomic E-state index is 13.0. The molecular formula is C32H29NO8. The Hall–Kier alpha value is -4.79. The minimum Gasteiger partial charge on any atom is -0.497 e. The summed E-state index contributed by atoms with van der Waals surface area (Å²) in [5, 5.41) is 0. The Labute approximate surface area is 237 Å². The number of hydrogen-bond acceptors (Lipinski definition) is 8. The van der Waals surface area contributed by atoms with Gasteiger partial charge < -0.3 is 14.2 Å². The Kier molecular flexibility index (Phi) is 7.96. The Balaban J connectivity index is 1.18. The van der Waals surface area contributed by atoms with E-state index in [0.29, 0.717) is 35.8 Å². The molecule has 3 aromatic carbocycles. The van der Waals surface area contributed by atoms with E-state index in [1.165, 1.54) is 48.4 Å². The van der Waals surface area contributed by atoms with Crippen molar-refractivity contribution >= 4 is 35.2 Å². The van der Waals surface area contributed by atoms with Crippen molar-refractivity contribution in [2.75, 3.05) is 18.6 Å². The molecule has 3 atom stereocenters. The Morgan fingerprint density at radius 1 is 0.780 bits per heavy atom. The van der Waals surface area contributed by atoms with Crippen LogP contribution in [0.2, 0.25) is 0 Å². The highest BCUT2D eigenvalue weighted by Crippen LogP contribution is 2.42. The molecule has 1 saturated heterocycles. The van der Waals surface area contributed by atoms with Crippen LogP contribution in [0.5, 0.6) is 11.5 Å². The number of ketones is 1. The molecule has 2 aliphatic rings. The van der Waals surface area contributed by atoms with Crippen LogP contribution in [0.3, 0.4) is 0 Å². The number of ether oxygens (including phenoxy) is 3. The highest BCUT2D eigenvalue weighted by atomic mass is 16.5. The van der Waals surface area contributed by atoms with Crippen LogP contribution in [-0.4, -0.2) is 43.3 Å². The first kappa shape index (κ1) is 27.8. The van der Waals surface area contributed by atoms with E-state index >= 15 is 0 Å². The van der Waals surface area contributed by atoms with Crippen LogP contribution in [0.1, 0.15) is 57.3 Å². The SMILES string of the molecule is COc1cccc(C(=O)Oc2ccc(C(=O)COC(=O)c3cccc(N4C(=O)C5CCC(C)CC5C4=O)c3)cc2)c1. The van der Waals surface area contributed by atoms with E-state index in [1.807, 2.05) is 0 Å². The molecule has 3 unspecified atom stereocenters. The fourth-order valence-corrected chi connectivity index (χ4v) is 5.34. The van der Waals surface area contributed by atoms with E-state index in [4.69, 9.17) is 14.2 Å². The van der Waals surface area contributed by atoms with E-state index in [9.17, 15) is 24.0 Å². The minimum absolute atomic E-state index is 0.124. The van der Waals surface area contributed by atoms with E-state index < -0.39 is 24.3 Å². The molecule has 1 heterocycles. The van der Waals surface area contributed by atoms with E-state index in [2.05, 4.69) is 6.92 Å². The summed E-state index contributed by atoms with van der Waals surface area (Å²) in [7, 11) is 1.50. The van der Waals surface area contributed by atoms with Gasteiger partial charge in [-0.3, -0.25) is 19.3 Å². The quantitative estimate of drug-likeness (QED) is 0.167. The van der Waals surface area contributed by atoms with E-state index in [0.717, 1.165) is 6.42 Å². The normalized spacial score (nSPS) is 19.9. The molecule has 0 bridgehead atoms. The molecule has 41 heavy (non-hydrogen) atoms. The predicted molar refractivity (Wildman–Crippen MR) is 148 cm³/mol. The van der Waals surface area contributed by atoms with Gasteiger partial charge in [-0.05, 0) is 85.8 Å². The fourth-order valence-electron chi connectivity index (χ4n) is 5.34. The Morgan fingerprint density at radius 2 is 1.46 bits per heavy atom. The van der Waals surface area contributed by atoms with Gasteiger partial charge in [0.1, 0.15) is 11.5 Å². The molecule has 0 aromatic heterocycles. The van der Waals surface area contributed by atoms with Gasteiger partial charge in [0.05, 0.1) is 35.8 Å². The number of amides is 2. The molecule has 9 heteroatoms. The first-order valence-corrected chi connectivity index (χ1v) is 13.4. The van der Waals surface area contributed by atoms with Crippen molar-refractivity contribution in [3.63, 3.8) is 0 Å². The lowest BCUT2D eigenvalue weighted by Gasteiger charge is -2.25. The summed E-state index contributed by atoms with van der Waals surface area (Å²) in [6.07, 6.45) is 2.27. The maximum Gasteiger partial charge on any atom is 0.343 e. The number of nitrogens with zero attached hydrogens (tertiary/aromatic N) is 1. The smallest absolute Gasteiger partial charge is 0.343 e. The molecule has 1 aliphatic heterocycles. The molecule has 0 N–H and O–H groups in total. The fraction of sp³-hybridized carbons (Fsp3) is 0.281. The average molecular weight is 556 g/mol. The van der Waals surface area contributed by atoms with Gasteiger partial charge in [0.2, 0.25) is 11.8 Å². The summed E-state index contributed by atoms with van der Waals surface area (Å²) in [5.74, 6) is -1.75. The molecule has 1 aliphatic carbocycles. The third-order valence-electron chi connectivity index (χ3n) is 7.55. The summed E-state index contributed by atoms with van der Waals surface area (Å²) in [6.45, 7) is 1.57. The Morgan fingerprint density at radius 3 is 2.20 bits per heavy atom. The van der Waals surface area contributed by atoms with Crippen LogP contribution in [0, 0.1) is 17.8 Å². The summed E-state index contributed by atoms with van der Waals surface area (Å²) in [5.41, 5.74) is 1.02. The second kappa shape index (κ2) is 11.8. The third kappa shape index (κ3) is 5.89.